The Bertz CT molecular complexity index is 356. The van der Waals surface area contributed by atoms with Gasteiger partial charge in [-0.3, -0.25) is 0 Å². The zero-order valence-corrected chi connectivity index (χ0v) is 10.6. The third-order valence-corrected chi connectivity index (χ3v) is 3.27. The van der Waals surface area contributed by atoms with Gasteiger partial charge in [-0.15, -0.1) is 0 Å². The zero-order valence-electron chi connectivity index (χ0n) is 10.6. The van der Waals surface area contributed by atoms with Crippen molar-refractivity contribution in [3.63, 3.8) is 0 Å². The minimum atomic E-state index is 0.313. The summed E-state index contributed by atoms with van der Waals surface area (Å²) in [7, 11) is 0. The number of aromatic nitrogens is 2. The number of ether oxygens (including phenoxy) is 1. The van der Waals surface area contributed by atoms with Crippen LogP contribution in [0.3, 0.4) is 0 Å². The molecule has 2 rings (SSSR count). The van der Waals surface area contributed by atoms with Gasteiger partial charge in [-0.1, -0.05) is 13.3 Å². The van der Waals surface area contributed by atoms with Crippen LogP contribution in [0.4, 0.5) is 5.95 Å². The zero-order chi connectivity index (χ0) is 12.1. The maximum Gasteiger partial charge on any atom is 0.225 e. The average molecular weight is 235 g/mol. The van der Waals surface area contributed by atoms with Gasteiger partial charge >= 0.3 is 0 Å². The van der Waals surface area contributed by atoms with Gasteiger partial charge in [0.2, 0.25) is 11.8 Å². The van der Waals surface area contributed by atoms with Gasteiger partial charge in [0.25, 0.3) is 0 Å². The molecule has 0 amide bonds. The van der Waals surface area contributed by atoms with Crippen molar-refractivity contribution in [2.45, 2.75) is 45.6 Å². The summed E-state index contributed by atoms with van der Waals surface area (Å²) in [6, 6.07) is 1.84. The van der Waals surface area contributed by atoms with Gasteiger partial charge in [-0.25, -0.2) is 4.98 Å². The van der Waals surface area contributed by atoms with E-state index < -0.39 is 0 Å². The van der Waals surface area contributed by atoms with Crippen molar-refractivity contribution in [1.82, 2.24) is 9.97 Å². The van der Waals surface area contributed by atoms with Crippen LogP contribution in [0.5, 0.6) is 5.88 Å². The van der Waals surface area contributed by atoms with E-state index in [1.807, 2.05) is 13.0 Å². The molecule has 1 aliphatic rings. The number of nitrogens with one attached hydrogen (secondary N) is 1. The van der Waals surface area contributed by atoms with E-state index in [1.54, 1.807) is 6.20 Å². The third-order valence-electron chi connectivity index (χ3n) is 3.27. The van der Waals surface area contributed by atoms with Crippen molar-refractivity contribution < 1.29 is 4.74 Å². The standard InChI is InChI=1S/C13H21N3O/c1-3-14-13-15-9-8-12(16-13)17-11-7-5-4-6-10(11)2/h8-11H,3-7H2,1-2H3,(H,14,15,16). The summed E-state index contributed by atoms with van der Waals surface area (Å²) in [5, 5.41) is 3.09. The number of hydrogen-bond donors (Lipinski definition) is 1. The van der Waals surface area contributed by atoms with Crippen LogP contribution < -0.4 is 10.1 Å². The van der Waals surface area contributed by atoms with E-state index in [4.69, 9.17) is 4.74 Å². The quantitative estimate of drug-likeness (QED) is 0.871. The molecule has 0 aliphatic heterocycles. The monoisotopic (exact) mass is 235 g/mol. The average Bonchev–Trinajstić information content (AvgIpc) is 2.33. The van der Waals surface area contributed by atoms with Crippen LogP contribution in [0.15, 0.2) is 12.3 Å². The second kappa shape index (κ2) is 5.84. The molecule has 4 heteroatoms. The second-order valence-corrected chi connectivity index (χ2v) is 4.67. The Hall–Kier alpha value is -1.32. The Morgan fingerprint density at radius 2 is 2.24 bits per heavy atom. The fraction of sp³-hybridized carbons (Fsp3) is 0.692. The van der Waals surface area contributed by atoms with Crippen LogP contribution in [0.1, 0.15) is 39.5 Å². The van der Waals surface area contributed by atoms with Gasteiger partial charge in [-0.05, 0) is 32.1 Å². The minimum absolute atomic E-state index is 0.313. The lowest BCUT2D eigenvalue weighted by Crippen LogP contribution is -2.28. The van der Waals surface area contributed by atoms with Crippen molar-refractivity contribution in [3.05, 3.63) is 12.3 Å². The molecule has 94 valence electrons. The first-order valence-corrected chi connectivity index (χ1v) is 6.53. The van der Waals surface area contributed by atoms with E-state index in [-0.39, 0.29) is 0 Å². The molecule has 4 nitrogen and oxygen atoms in total. The van der Waals surface area contributed by atoms with Gasteiger partial charge < -0.3 is 10.1 Å². The highest BCUT2D eigenvalue weighted by Gasteiger charge is 2.23. The van der Waals surface area contributed by atoms with Crippen LogP contribution in [-0.4, -0.2) is 22.6 Å². The highest BCUT2D eigenvalue weighted by Crippen LogP contribution is 2.27. The van der Waals surface area contributed by atoms with Gasteiger partial charge in [0.15, 0.2) is 0 Å². The summed E-state index contributed by atoms with van der Waals surface area (Å²) in [6.45, 7) is 5.11. The van der Waals surface area contributed by atoms with Crippen LogP contribution in [0.2, 0.25) is 0 Å². The predicted octanol–water partition coefficient (Wildman–Crippen LogP) is 2.87. The van der Waals surface area contributed by atoms with Crippen LogP contribution in [0, 0.1) is 5.92 Å². The maximum atomic E-state index is 5.96. The molecule has 17 heavy (non-hydrogen) atoms. The topological polar surface area (TPSA) is 47.0 Å². The van der Waals surface area contributed by atoms with Gasteiger partial charge in [0.05, 0.1) is 0 Å². The maximum absolute atomic E-state index is 5.96. The van der Waals surface area contributed by atoms with Gasteiger partial charge in [-0.2, -0.15) is 4.98 Å². The summed E-state index contributed by atoms with van der Waals surface area (Å²) >= 11 is 0. The summed E-state index contributed by atoms with van der Waals surface area (Å²) in [4.78, 5) is 8.49. The summed E-state index contributed by atoms with van der Waals surface area (Å²) < 4.78 is 5.96. The smallest absolute Gasteiger partial charge is 0.225 e. The minimum Gasteiger partial charge on any atom is -0.474 e. The first-order valence-electron chi connectivity index (χ1n) is 6.53. The molecule has 1 aliphatic carbocycles. The molecule has 1 saturated carbocycles. The molecule has 0 radical (unpaired) electrons. The van der Waals surface area contributed by atoms with E-state index in [0.29, 0.717) is 23.9 Å². The Labute approximate surface area is 103 Å². The first kappa shape index (κ1) is 12.1. The largest absolute Gasteiger partial charge is 0.474 e. The van der Waals surface area contributed by atoms with E-state index in [2.05, 4.69) is 22.2 Å². The molecule has 2 unspecified atom stereocenters. The molecule has 1 fully saturated rings. The Balaban J connectivity index is 1.99. The van der Waals surface area contributed by atoms with E-state index >= 15 is 0 Å². The molecular weight excluding hydrogens is 214 g/mol. The van der Waals surface area contributed by atoms with Crippen molar-refractivity contribution in [1.29, 1.82) is 0 Å². The number of nitrogens with zero attached hydrogens (tertiary/aromatic N) is 2. The summed E-state index contributed by atoms with van der Waals surface area (Å²) in [5.41, 5.74) is 0. The number of anilines is 1. The molecule has 1 N–H and O–H groups in total. The van der Waals surface area contributed by atoms with Crippen molar-refractivity contribution in [2.75, 3.05) is 11.9 Å². The van der Waals surface area contributed by atoms with E-state index in [9.17, 15) is 0 Å². The van der Waals surface area contributed by atoms with Crippen LogP contribution >= 0.6 is 0 Å². The lowest BCUT2D eigenvalue weighted by atomic mass is 9.88. The number of hydrogen-bond acceptors (Lipinski definition) is 4. The highest BCUT2D eigenvalue weighted by molar-refractivity contribution is 5.27. The molecular formula is C13H21N3O. The molecule has 0 saturated heterocycles. The van der Waals surface area contributed by atoms with Gasteiger partial charge in [0, 0.05) is 18.8 Å². The molecule has 0 aromatic carbocycles. The van der Waals surface area contributed by atoms with Gasteiger partial charge in [0.1, 0.15) is 6.10 Å². The van der Waals surface area contributed by atoms with Crippen molar-refractivity contribution in [2.24, 2.45) is 5.92 Å². The Kier molecular flexibility index (Phi) is 4.18. The normalized spacial score (nSPS) is 24.4. The Morgan fingerprint density at radius 3 is 3.00 bits per heavy atom. The molecule has 0 spiro atoms. The SMILES string of the molecule is CCNc1nccc(OC2CCCCC2C)n1. The molecule has 1 heterocycles. The van der Waals surface area contributed by atoms with E-state index in [1.165, 1.54) is 19.3 Å². The fourth-order valence-electron chi connectivity index (χ4n) is 2.26. The third kappa shape index (κ3) is 3.32. The summed E-state index contributed by atoms with van der Waals surface area (Å²) in [6.07, 6.45) is 7.05. The van der Waals surface area contributed by atoms with Crippen molar-refractivity contribution in [3.8, 4) is 5.88 Å². The van der Waals surface area contributed by atoms with Crippen LogP contribution in [0.25, 0.3) is 0 Å². The molecule has 1 aromatic rings. The predicted molar refractivity (Wildman–Crippen MR) is 68.2 cm³/mol. The Morgan fingerprint density at radius 1 is 1.41 bits per heavy atom. The first-order chi connectivity index (χ1) is 8.29. The van der Waals surface area contributed by atoms with Crippen molar-refractivity contribution >= 4 is 5.95 Å². The lowest BCUT2D eigenvalue weighted by Gasteiger charge is -2.28. The molecule has 0 bridgehead atoms. The molecule has 1 aromatic heterocycles. The van der Waals surface area contributed by atoms with E-state index in [0.717, 1.165) is 13.0 Å². The summed E-state index contributed by atoms with van der Waals surface area (Å²) in [5.74, 6) is 1.96. The highest BCUT2D eigenvalue weighted by atomic mass is 16.5. The lowest BCUT2D eigenvalue weighted by molar-refractivity contribution is 0.0976. The molecule has 2 atom stereocenters. The van der Waals surface area contributed by atoms with Crippen LogP contribution in [-0.2, 0) is 0 Å². The number of rotatable bonds is 4. The fourth-order valence-corrected chi connectivity index (χ4v) is 2.26. The second-order valence-electron chi connectivity index (χ2n) is 4.67.